The van der Waals surface area contributed by atoms with Gasteiger partial charge in [-0.1, -0.05) is 18.2 Å². The minimum absolute atomic E-state index is 0.710. The Kier molecular flexibility index (Phi) is 5.05. The summed E-state index contributed by atoms with van der Waals surface area (Å²) in [7, 11) is 1.62. The summed E-state index contributed by atoms with van der Waals surface area (Å²) in [5.41, 5.74) is 2.29. The predicted molar refractivity (Wildman–Crippen MR) is 83.3 cm³/mol. The lowest BCUT2D eigenvalue weighted by molar-refractivity contribution is 0.415. The second kappa shape index (κ2) is 7.44. The molecule has 0 aliphatic rings. The molecule has 0 spiro atoms. The SMILES string of the molecule is COc1ccc(N=C=Nc2ccccc2/C=C/C#N)cc1. The number of nitriles is 1. The fourth-order valence-corrected chi connectivity index (χ4v) is 1.65. The van der Waals surface area contributed by atoms with Crippen molar-refractivity contribution in [2.45, 2.75) is 0 Å². The topological polar surface area (TPSA) is 57.7 Å². The molecule has 0 bridgehead atoms. The first-order valence-corrected chi connectivity index (χ1v) is 6.29. The molecule has 2 aromatic rings. The van der Waals surface area contributed by atoms with E-state index in [1.165, 1.54) is 6.08 Å². The lowest BCUT2D eigenvalue weighted by Crippen LogP contribution is -1.79. The fraction of sp³-hybridized carbons (Fsp3) is 0.0588. The van der Waals surface area contributed by atoms with E-state index >= 15 is 0 Å². The molecule has 0 amide bonds. The second-order valence-electron chi connectivity index (χ2n) is 4.04. The molecule has 4 heteroatoms. The summed E-state index contributed by atoms with van der Waals surface area (Å²) in [5.74, 6) is 0.776. The third-order valence-electron chi connectivity index (χ3n) is 2.70. The van der Waals surface area contributed by atoms with E-state index < -0.39 is 0 Å². The molecule has 0 aliphatic carbocycles. The van der Waals surface area contributed by atoms with Crippen molar-refractivity contribution < 1.29 is 4.74 Å². The van der Waals surface area contributed by atoms with E-state index in [0.29, 0.717) is 5.69 Å². The molecular weight excluding hydrogens is 262 g/mol. The van der Waals surface area contributed by atoms with Gasteiger partial charge < -0.3 is 4.74 Å². The van der Waals surface area contributed by atoms with Gasteiger partial charge in [0.05, 0.1) is 24.6 Å². The number of rotatable bonds is 4. The number of methoxy groups -OCH3 is 1. The van der Waals surface area contributed by atoms with Crippen molar-refractivity contribution in [1.82, 2.24) is 0 Å². The van der Waals surface area contributed by atoms with Gasteiger partial charge in [-0.25, -0.2) is 0 Å². The average Bonchev–Trinajstić information content (AvgIpc) is 2.54. The Hall–Kier alpha value is -3.15. The minimum Gasteiger partial charge on any atom is -0.497 e. The van der Waals surface area contributed by atoms with Crippen LogP contribution in [0.25, 0.3) is 6.08 Å². The van der Waals surface area contributed by atoms with Gasteiger partial charge in [-0.3, -0.25) is 0 Å². The third kappa shape index (κ3) is 4.17. The van der Waals surface area contributed by atoms with Crippen LogP contribution in [0.15, 0.2) is 64.6 Å². The van der Waals surface area contributed by atoms with Crippen LogP contribution in [0.3, 0.4) is 0 Å². The van der Waals surface area contributed by atoms with E-state index in [9.17, 15) is 0 Å². The Morgan fingerprint density at radius 2 is 1.81 bits per heavy atom. The van der Waals surface area contributed by atoms with E-state index in [-0.39, 0.29) is 0 Å². The molecule has 0 unspecified atom stereocenters. The molecule has 0 saturated carbocycles. The van der Waals surface area contributed by atoms with Crippen LogP contribution in [-0.2, 0) is 0 Å². The van der Waals surface area contributed by atoms with Gasteiger partial charge in [-0.05, 0) is 36.4 Å². The zero-order valence-corrected chi connectivity index (χ0v) is 11.5. The smallest absolute Gasteiger partial charge is 0.119 e. The van der Waals surface area contributed by atoms with Crippen molar-refractivity contribution in [3.05, 3.63) is 60.2 Å². The number of hydrogen-bond donors (Lipinski definition) is 0. The number of allylic oxidation sites excluding steroid dienone is 1. The summed E-state index contributed by atoms with van der Waals surface area (Å²) in [6.45, 7) is 0. The van der Waals surface area contributed by atoms with Gasteiger partial charge in [0.15, 0.2) is 0 Å². The van der Waals surface area contributed by atoms with Crippen LogP contribution in [0, 0.1) is 11.3 Å². The largest absolute Gasteiger partial charge is 0.497 e. The standard InChI is InChI=1S/C17H13N3O/c1-21-16-10-8-15(9-11-16)19-13-20-17-7-3-2-5-14(17)6-4-12-18/h2-11H,1H3/b6-4+. The molecule has 0 heterocycles. The van der Waals surface area contributed by atoms with Crippen LogP contribution in [0.1, 0.15) is 5.56 Å². The van der Waals surface area contributed by atoms with Crippen molar-refractivity contribution in [3.8, 4) is 11.8 Å². The quantitative estimate of drug-likeness (QED) is 0.614. The highest BCUT2D eigenvalue weighted by molar-refractivity contribution is 5.68. The first-order valence-electron chi connectivity index (χ1n) is 6.29. The Balaban J connectivity index is 2.22. The zero-order chi connectivity index (χ0) is 14.9. The normalized spacial score (nSPS) is 9.71. The molecule has 102 valence electrons. The summed E-state index contributed by atoms with van der Waals surface area (Å²) in [6.07, 6.45) is 3.11. The molecule has 0 aliphatic heterocycles. The number of hydrogen-bond acceptors (Lipinski definition) is 4. The van der Waals surface area contributed by atoms with Gasteiger partial charge in [0.1, 0.15) is 11.8 Å². The molecule has 2 rings (SSSR count). The Morgan fingerprint density at radius 1 is 1.05 bits per heavy atom. The van der Waals surface area contributed by atoms with E-state index in [1.807, 2.05) is 54.6 Å². The summed E-state index contributed by atoms with van der Waals surface area (Å²) in [5, 5.41) is 8.57. The van der Waals surface area contributed by atoms with Crippen LogP contribution in [0.2, 0.25) is 0 Å². The van der Waals surface area contributed by atoms with E-state index in [0.717, 1.165) is 17.0 Å². The van der Waals surface area contributed by atoms with Gasteiger partial charge in [0.2, 0.25) is 0 Å². The van der Waals surface area contributed by atoms with Crippen LogP contribution >= 0.6 is 0 Å². The molecule has 0 aromatic heterocycles. The third-order valence-corrected chi connectivity index (χ3v) is 2.70. The van der Waals surface area contributed by atoms with Crippen molar-refractivity contribution in [3.63, 3.8) is 0 Å². The minimum atomic E-state index is 0.710. The Labute approximate surface area is 123 Å². The van der Waals surface area contributed by atoms with Gasteiger partial charge in [0, 0.05) is 11.6 Å². The van der Waals surface area contributed by atoms with Crippen molar-refractivity contribution in [2.24, 2.45) is 9.98 Å². The van der Waals surface area contributed by atoms with E-state index in [4.69, 9.17) is 10.00 Å². The lowest BCUT2D eigenvalue weighted by Gasteiger charge is -1.98. The van der Waals surface area contributed by atoms with Crippen molar-refractivity contribution in [2.75, 3.05) is 7.11 Å². The number of aliphatic imine (C=N–C) groups is 2. The highest BCUT2D eigenvalue weighted by Crippen LogP contribution is 2.20. The first-order chi connectivity index (χ1) is 10.3. The van der Waals surface area contributed by atoms with E-state index in [2.05, 4.69) is 16.0 Å². The fourth-order valence-electron chi connectivity index (χ4n) is 1.65. The van der Waals surface area contributed by atoms with Gasteiger partial charge in [-0.15, -0.1) is 0 Å². The van der Waals surface area contributed by atoms with Crippen LogP contribution in [0.4, 0.5) is 11.4 Å². The maximum absolute atomic E-state index is 8.57. The second-order valence-corrected chi connectivity index (χ2v) is 4.04. The zero-order valence-electron chi connectivity index (χ0n) is 11.5. The van der Waals surface area contributed by atoms with Crippen LogP contribution < -0.4 is 4.74 Å². The van der Waals surface area contributed by atoms with Crippen molar-refractivity contribution in [1.29, 1.82) is 5.26 Å². The number of nitrogens with zero attached hydrogens (tertiary/aromatic N) is 3. The molecule has 0 fully saturated rings. The number of ether oxygens (including phenoxy) is 1. The molecule has 0 N–H and O–H groups in total. The van der Waals surface area contributed by atoms with E-state index in [1.54, 1.807) is 13.2 Å². The monoisotopic (exact) mass is 275 g/mol. The van der Waals surface area contributed by atoms with Crippen LogP contribution in [-0.4, -0.2) is 13.1 Å². The molecular formula is C17H13N3O. The van der Waals surface area contributed by atoms with Crippen molar-refractivity contribution >= 4 is 23.5 Å². The van der Waals surface area contributed by atoms with Gasteiger partial charge >= 0.3 is 0 Å². The molecule has 0 saturated heterocycles. The van der Waals surface area contributed by atoms with Crippen LogP contribution in [0.5, 0.6) is 5.75 Å². The highest BCUT2D eigenvalue weighted by Gasteiger charge is 1.95. The summed E-state index contributed by atoms with van der Waals surface area (Å²) in [6, 6.07) is 19.4. The Bertz CT molecular complexity index is 733. The molecule has 0 radical (unpaired) electrons. The maximum atomic E-state index is 8.57. The maximum Gasteiger partial charge on any atom is 0.119 e. The predicted octanol–water partition coefficient (Wildman–Crippen LogP) is 4.37. The number of benzene rings is 2. The molecule has 0 atom stereocenters. The lowest BCUT2D eigenvalue weighted by atomic mass is 10.2. The summed E-state index contributed by atoms with van der Waals surface area (Å²) >= 11 is 0. The summed E-state index contributed by atoms with van der Waals surface area (Å²) < 4.78 is 5.08. The molecule has 2 aromatic carbocycles. The Morgan fingerprint density at radius 3 is 2.52 bits per heavy atom. The number of para-hydroxylation sites is 1. The van der Waals surface area contributed by atoms with Gasteiger partial charge in [-0.2, -0.15) is 15.2 Å². The highest BCUT2D eigenvalue weighted by atomic mass is 16.5. The first kappa shape index (κ1) is 14.3. The van der Waals surface area contributed by atoms with Gasteiger partial charge in [0.25, 0.3) is 0 Å². The average molecular weight is 275 g/mol. The summed E-state index contributed by atoms with van der Waals surface area (Å²) in [4.78, 5) is 8.33. The molecule has 21 heavy (non-hydrogen) atoms. The molecule has 4 nitrogen and oxygen atoms in total.